The first kappa shape index (κ1) is 11.7. The van der Waals surface area contributed by atoms with Gasteiger partial charge in [-0.15, -0.1) is 11.6 Å². The van der Waals surface area contributed by atoms with Crippen LogP contribution in [-0.2, 0) is 14.6 Å². The van der Waals surface area contributed by atoms with E-state index in [0.717, 1.165) is 0 Å². The maximum Gasteiger partial charge on any atom is 0.238 e. The van der Waals surface area contributed by atoms with E-state index in [-0.39, 0.29) is 30.2 Å². The molecule has 0 aliphatic carbocycles. The summed E-state index contributed by atoms with van der Waals surface area (Å²) in [6, 6.07) is 0. The van der Waals surface area contributed by atoms with Gasteiger partial charge in [0.2, 0.25) is 5.91 Å². The molecule has 0 aromatic rings. The Morgan fingerprint density at radius 3 is 2.33 bits per heavy atom. The van der Waals surface area contributed by atoms with Gasteiger partial charge in [0.1, 0.15) is 0 Å². The number of hydrogen-bond acceptors (Lipinski definition) is 3. The van der Waals surface area contributed by atoms with E-state index in [9.17, 15) is 13.2 Å². The van der Waals surface area contributed by atoms with Crippen molar-refractivity contribution in [2.45, 2.75) is 12.8 Å². The molecule has 0 aliphatic heterocycles. The van der Waals surface area contributed by atoms with Crippen LogP contribution in [0.1, 0.15) is 12.8 Å². The van der Waals surface area contributed by atoms with Crippen LogP contribution in [0.15, 0.2) is 0 Å². The Kier molecular flexibility index (Phi) is 5.24. The Morgan fingerprint density at radius 2 is 1.92 bits per heavy atom. The van der Waals surface area contributed by atoms with Gasteiger partial charge in [-0.25, -0.2) is 8.42 Å². The second-order valence-electron chi connectivity index (χ2n) is 2.37. The molecule has 1 amide bonds. The molecule has 4 nitrogen and oxygen atoms in total. The van der Waals surface area contributed by atoms with Crippen molar-refractivity contribution >= 4 is 27.3 Å². The average Bonchev–Trinajstić information content (AvgIpc) is 1.85. The molecule has 12 heavy (non-hydrogen) atoms. The van der Waals surface area contributed by atoms with Gasteiger partial charge in [-0.1, -0.05) is 0 Å². The second-order valence-corrected chi connectivity index (χ2v) is 5.05. The molecule has 0 fully saturated rings. The highest BCUT2D eigenvalue weighted by atomic mass is 35.5. The van der Waals surface area contributed by atoms with Crippen molar-refractivity contribution in [3.8, 4) is 0 Å². The van der Waals surface area contributed by atoms with E-state index in [2.05, 4.69) is 0 Å². The average molecular weight is 213 g/mol. The molecular formula is C6H11ClNO3S. The predicted octanol–water partition coefficient (Wildman–Crippen LogP) is 0.230. The van der Waals surface area contributed by atoms with Crippen molar-refractivity contribution in [3.05, 3.63) is 0 Å². The van der Waals surface area contributed by atoms with Crippen molar-refractivity contribution in [2.24, 2.45) is 0 Å². The highest BCUT2D eigenvalue weighted by molar-refractivity contribution is 7.91. The Morgan fingerprint density at radius 1 is 1.33 bits per heavy atom. The fourth-order valence-electron chi connectivity index (χ4n) is 0.672. The van der Waals surface area contributed by atoms with E-state index in [0.29, 0.717) is 0 Å². The Labute approximate surface area is 77.0 Å². The third-order valence-electron chi connectivity index (χ3n) is 1.25. The first-order chi connectivity index (χ1) is 5.48. The van der Waals surface area contributed by atoms with Gasteiger partial charge in [-0.05, 0) is 6.42 Å². The van der Waals surface area contributed by atoms with Crippen molar-refractivity contribution in [3.63, 3.8) is 0 Å². The minimum absolute atomic E-state index is 0.00150. The summed E-state index contributed by atoms with van der Waals surface area (Å²) in [5.74, 6) is -0.751. The largest absolute Gasteiger partial charge is 0.273 e. The van der Waals surface area contributed by atoms with Crippen LogP contribution >= 0.6 is 11.6 Å². The Bertz CT molecular complexity index is 237. The van der Waals surface area contributed by atoms with Crippen LogP contribution in [0.5, 0.6) is 0 Å². The molecule has 0 unspecified atom stereocenters. The van der Waals surface area contributed by atoms with E-state index in [1.807, 2.05) is 0 Å². The summed E-state index contributed by atoms with van der Waals surface area (Å²) < 4.78 is 21.9. The number of alkyl halides is 1. The fraction of sp³-hybridized carbons (Fsp3) is 0.833. The maximum absolute atomic E-state index is 11.0. The quantitative estimate of drug-likeness (QED) is 0.592. The first-order valence-electron chi connectivity index (χ1n) is 3.49. The second kappa shape index (κ2) is 5.37. The maximum atomic E-state index is 11.0. The standard InChI is InChI=1S/C6H11ClNO3S/c7-3-5-12(10,11)4-1-2-6(8)9/h8H,1-5H2. The smallest absolute Gasteiger partial charge is 0.238 e. The molecular weight excluding hydrogens is 202 g/mol. The monoisotopic (exact) mass is 212 g/mol. The van der Waals surface area contributed by atoms with Gasteiger partial charge in [0, 0.05) is 12.3 Å². The third kappa shape index (κ3) is 6.42. The van der Waals surface area contributed by atoms with Crippen molar-refractivity contribution in [1.82, 2.24) is 5.73 Å². The zero-order valence-electron chi connectivity index (χ0n) is 6.55. The van der Waals surface area contributed by atoms with Crippen molar-refractivity contribution in [2.75, 3.05) is 17.4 Å². The number of sulfone groups is 1. The molecule has 0 spiro atoms. The molecule has 6 heteroatoms. The molecule has 1 N–H and O–H groups in total. The molecule has 0 heterocycles. The topological polar surface area (TPSA) is 75.0 Å². The summed E-state index contributed by atoms with van der Waals surface area (Å²) in [6.45, 7) is 0. The van der Waals surface area contributed by atoms with Crippen LogP contribution in [0.4, 0.5) is 0 Å². The summed E-state index contributed by atoms with van der Waals surface area (Å²) >= 11 is 5.24. The molecule has 0 aliphatic rings. The zero-order valence-corrected chi connectivity index (χ0v) is 8.12. The highest BCUT2D eigenvalue weighted by Crippen LogP contribution is 1.98. The van der Waals surface area contributed by atoms with Gasteiger partial charge in [-0.2, -0.15) is 0 Å². The van der Waals surface area contributed by atoms with Gasteiger partial charge in [0.15, 0.2) is 9.84 Å². The summed E-state index contributed by atoms with van der Waals surface area (Å²) in [5, 5.41) is 0. The number of carbonyl (C=O) groups excluding carboxylic acids is 1. The number of halogens is 1. The van der Waals surface area contributed by atoms with Crippen LogP contribution in [0.2, 0.25) is 0 Å². The fourth-order valence-corrected chi connectivity index (χ4v) is 2.40. The van der Waals surface area contributed by atoms with E-state index < -0.39 is 15.7 Å². The third-order valence-corrected chi connectivity index (χ3v) is 3.40. The van der Waals surface area contributed by atoms with Crippen LogP contribution in [0.3, 0.4) is 0 Å². The SMILES string of the molecule is [NH]C(=O)CCCS(=O)(=O)CCCl. The lowest BCUT2D eigenvalue weighted by Crippen LogP contribution is -2.13. The van der Waals surface area contributed by atoms with E-state index >= 15 is 0 Å². The summed E-state index contributed by atoms with van der Waals surface area (Å²) in [6.07, 6.45) is 0.225. The number of hydrogen-bond donors (Lipinski definition) is 0. The molecule has 1 radical (unpaired) electrons. The Balaban J connectivity index is 3.69. The molecule has 0 saturated carbocycles. The number of amides is 1. The van der Waals surface area contributed by atoms with Crippen LogP contribution in [0.25, 0.3) is 0 Å². The minimum Gasteiger partial charge on any atom is -0.273 e. The lowest BCUT2D eigenvalue weighted by Gasteiger charge is -1.99. The van der Waals surface area contributed by atoms with Crippen molar-refractivity contribution < 1.29 is 13.2 Å². The zero-order chi connectivity index (χ0) is 9.61. The Hall–Kier alpha value is -0.290. The first-order valence-corrected chi connectivity index (χ1v) is 5.84. The van der Waals surface area contributed by atoms with Crippen LogP contribution in [-0.4, -0.2) is 31.7 Å². The van der Waals surface area contributed by atoms with Gasteiger partial charge < -0.3 is 0 Å². The molecule has 0 bridgehead atoms. The van der Waals surface area contributed by atoms with Gasteiger partial charge in [-0.3, -0.25) is 10.5 Å². The van der Waals surface area contributed by atoms with Crippen LogP contribution < -0.4 is 5.73 Å². The van der Waals surface area contributed by atoms with E-state index in [4.69, 9.17) is 17.3 Å². The molecule has 71 valence electrons. The molecule has 0 atom stereocenters. The molecule has 0 rings (SSSR count). The predicted molar refractivity (Wildman–Crippen MR) is 46.7 cm³/mol. The van der Waals surface area contributed by atoms with E-state index in [1.54, 1.807) is 0 Å². The number of rotatable bonds is 6. The summed E-state index contributed by atoms with van der Waals surface area (Å²) in [4.78, 5) is 10.1. The molecule has 0 aromatic heterocycles. The lowest BCUT2D eigenvalue weighted by atomic mass is 10.3. The number of carbonyl (C=O) groups is 1. The lowest BCUT2D eigenvalue weighted by molar-refractivity contribution is -0.118. The van der Waals surface area contributed by atoms with E-state index in [1.165, 1.54) is 0 Å². The van der Waals surface area contributed by atoms with Crippen LogP contribution in [0, 0.1) is 0 Å². The van der Waals surface area contributed by atoms with Gasteiger partial charge in [0.05, 0.1) is 11.5 Å². The minimum atomic E-state index is -3.09. The number of nitrogens with one attached hydrogen (secondary N) is 1. The normalized spacial score (nSPS) is 11.4. The summed E-state index contributed by atoms with van der Waals surface area (Å²) in [5.41, 5.74) is 6.53. The van der Waals surface area contributed by atoms with Crippen molar-refractivity contribution in [1.29, 1.82) is 0 Å². The summed E-state index contributed by atoms with van der Waals surface area (Å²) in [7, 11) is -3.09. The van der Waals surface area contributed by atoms with Gasteiger partial charge >= 0.3 is 0 Å². The molecule has 0 aromatic carbocycles. The van der Waals surface area contributed by atoms with Gasteiger partial charge in [0.25, 0.3) is 0 Å². The highest BCUT2D eigenvalue weighted by Gasteiger charge is 2.09. The molecule has 0 saturated heterocycles.